The summed E-state index contributed by atoms with van der Waals surface area (Å²) in [4.78, 5) is 21.2. The molecule has 1 unspecified atom stereocenters. The van der Waals surface area contributed by atoms with Crippen LogP contribution >= 0.6 is 11.8 Å². The summed E-state index contributed by atoms with van der Waals surface area (Å²) in [7, 11) is 4.48. The zero-order chi connectivity index (χ0) is 23.1. The number of aromatic amines is 1. The number of nitrogens with zero attached hydrogens (tertiary/aromatic N) is 5. The Morgan fingerprint density at radius 2 is 1.62 bits per heavy atom. The largest absolute Gasteiger partial charge is 0.346 e. The van der Waals surface area contributed by atoms with Gasteiger partial charge in [0.1, 0.15) is 5.65 Å². The molecule has 1 saturated carbocycles. The molecule has 0 radical (unpaired) electrons. The third kappa shape index (κ3) is 4.69. The summed E-state index contributed by atoms with van der Waals surface area (Å²) < 4.78 is 0. The van der Waals surface area contributed by atoms with Crippen molar-refractivity contribution in [3.8, 4) is 0 Å². The number of thioether (sulfide) groups is 1. The lowest BCUT2D eigenvalue weighted by atomic mass is 9.81. The fraction of sp³-hybridized carbons (Fsp3) is 0.704. The highest BCUT2D eigenvalue weighted by Crippen LogP contribution is 2.40. The molecule has 2 aromatic heterocycles. The van der Waals surface area contributed by atoms with Crippen LogP contribution < -0.4 is 0 Å². The Morgan fingerprint density at radius 1 is 0.882 bits per heavy atom. The summed E-state index contributed by atoms with van der Waals surface area (Å²) in [6.45, 7) is 7.33. The molecule has 0 bridgehead atoms. The van der Waals surface area contributed by atoms with E-state index in [-0.39, 0.29) is 6.04 Å². The zero-order valence-electron chi connectivity index (χ0n) is 20.9. The standard InChI is InChI=1S/C27H40N6S/c1-31-9-7-20(8-10-31)27-30-25(18-34-27)24-17-29-26-23(24)15-21(16-28-26)19-3-5-22(6-4-19)33-13-11-32(2)12-14-33/h15-17,19-20,22,25H,3-14,18H2,1-2H3,(H,28,29)/t19-,22-,25?. The lowest BCUT2D eigenvalue weighted by molar-refractivity contribution is 0.0878. The highest BCUT2D eigenvalue weighted by molar-refractivity contribution is 8.14. The van der Waals surface area contributed by atoms with Gasteiger partial charge >= 0.3 is 0 Å². The van der Waals surface area contributed by atoms with Crippen molar-refractivity contribution in [2.45, 2.75) is 56.5 Å². The van der Waals surface area contributed by atoms with Gasteiger partial charge in [-0.3, -0.25) is 9.89 Å². The van der Waals surface area contributed by atoms with Crippen molar-refractivity contribution >= 4 is 27.8 Å². The lowest BCUT2D eigenvalue weighted by Crippen LogP contribution is -2.49. The molecule has 3 aliphatic heterocycles. The van der Waals surface area contributed by atoms with Crippen molar-refractivity contribution in [2.75, 3.05) is 59.1 Å². The van der Waals surface area contributed by atoms with Crippen LogP contribution in [0.2, 0.25) is 0 Å². The Balaban J connectivity index is 1.14. The first-order chi connectivity index (χ1) is 16.6. The van der Waals surface area contributed by atoms with E-state index in [1.807, 2.05) is 11.8 Å². The lowest BCUT2D eigenvalue weighted by Gasteiger charge is -2.41. The smallest absolute Gasteiger partial charge is 0.137 e. The number of fused-ring (bicyclic) bond motifs is 1. The van der Waals surface area contributed by atoms with Crippen molar-refractivity contribution in [2.24, 2.45) is 10.9 Å². The molecule has 1 aliphatic carbocycles. The number of piperidine rings is 1. The van der Waals surface area contributed by atoms with Gasteiger partial charge in [-0.2, -0.15) is 0 Å². The van der Waals surface area contributed by atoms with Gasteiger partial charge in [-0.15, -0.1) is 11.8 Å². The molecule has 1 atom stereocenters. The number of hydrogen-bond acceptors (Lipinski definition) is 6. The molecule has 1 N–H and O–H groups in total. The summed E-state index contributed by atoms with van der Waals surface area (Å²) >= 11 is 2.00. The first kappa shape index (κ1) is 23.0. The number of likely N-dealkylation sites (N-methyl/N-ethyl adjacent to an activating group) is 1. The van der Waals surface area contributed by atoms with E-state index in [4.69, 9.17) is 9.98 Å². The van der Waals surface area contributed by atoms with Gasteiger partial charge in [0.25, 0.3) is 0 Å². The Bertz CT molecular complexity index is 1010. The van der Waals surface area contributed by atoms with Crippen LogP contribution in [0.15, 0.2) is 23.5 Å². The quantitative estimate of drug-likeness (QED) is 0.705. The first-order valence-electron chi connectivity index (χ1n) is 13.4. The maximum Gasteiger partial charge on any atom is 0.137 e. The molecule has 4 aliphatic rings. The van der Waals surface area contributed by atoms with Gasteiger partial charge in [0.2, 0.25) is 0 Å². The molecular weight excluding hydrogens is 440 g/mol. The molecule has 0 aromatic carbocycles. The third-order valence-electron chi connectivity index (χ3n) is 8.91. The fourth-order valence-corrected chi connectivity index (χ4v) is 7.79. The van der Waals surface area contributed by atoms with Crippen molar-refractivity contribution in [1.82, 2.24) is 24.7 Å². The number of aromatic nitrogens is 2. The van der Waals surface area contributed by atoms with E-state index >= 15 is 0 Å². The SMILES string of the molecule is CN1CCC(C2=NC(c3c[nH]c4ncc([C@H]5CC[C@H](N6CCN(C)CC6)CC5)cc34)CS2)CC1. The molecule has 3 fully saturated rings. The van der Waals surface area contributed by atoms with E-state index < -0.39 is 0 Å². The van der Waals surface area contributed by atoms with Gasteiger partial charge in [-0.1, -0.05) is 0 Å². The van der Waals surface area contributed by atoms with E-state index in [0.717, 1.165) is 17.4 Å². The number of aliphatic imine (C=N–C) groups is 1. The predicted octanol–water partition coefficient (Wildman–Crippen LogP) is 4.36. The van der Waals surface area contributed by atoms with E-state index in [2.05, 4.69) is 52.2 Å². The van der Waals surface area contributed by atoms with E-state index in [9.17, 15) is 0 Å². The average molecular weight is 481 g/mol. The van der Waals surface area contributed by atoms with Crippen LogP contribution in [0.4, 0.5) is 0 Å². The molecule has 2 aromatic rings. The Morgan fingerprint density at radius 3 is 2.38 bits per heavy atom. The normalized spacial score (nSPS) is 30.8. The number of nitrogens with one attached hydrogen (secondary N) is 1. The van der Waals surface area contributed by atoms with E-state index in [1.165, 1.54) is 99.4 Å². The number of rotatable bonds is 4. The molecule has 0 spiro atoms. The molecule has 184 valence electrons. The van der Waals surface area contributed by atoms with Gasteiger partial charge in [-0.05, 0) is 83.3 Å². The van der Waals surface area contributed by atoms with Gasteiger partial charge in [0.05, 0.1) is 11.1 Å². The van der Waals surface area contributed by atoms with Crippen molar-refractivity contribution < 1.29 is 0 Å². The Labute approximate surface area is 208 Å². The van der Waals surface area contributed by atoms with E-state index in [1.54, 1.807) is 0 Å². The molecule has 34 heavy (non-hydrogen) atoms. The topological polar surface area (TPSA) is 50.8 Å². The summed E-state index contributed by atoms with van der Waals surface area (Å²) in [5.74, 6) is 2.40. The fourth-order valence-electron chi connectivity index (χ4n) is 6.53. The highest BCUT2D eigenvalue weighted by Gasteiger charge is 2.31. The first-order valence-corrected chi connectivity index (χ1v) is 14.4. The summed E-state index contributed by atoms with van der Waals surface area (Å²) in [5, 5.41) is 2.71. The molecule has 5 heterocycles. The maximum absolute atomic E-state index is 5.24. The molecule has 7 heteroatoms. The molecule has 0 amide bonds. The van der Waals surface area contributed by atoms with Crippen molar-refractivity contribution in [3.63, 3.8) is 0 Å². The summed E-state index contributed by atoms with van der Waals surface area (Å²) in [6.07, 6.45) is 12.1. The minimum Gasteiger partial charge on any atom is -0.346 e. The second-order valence-electron chi connectivity index (χ2n) is 11.1. The minimum atomic E-state index is 0.276. The van der Waals surface area contributed by atoms with E-state index in [0.29, 0.717) is 11.8 Å². The third-order valence-corrected chi connectivity index (χ3v) is 10.1. The number of pyridine rings is 1. The van der Waals surface area contributed by atoms with Crippen LogP contribution in [0.25, 0.3) is 11.0 Å². The predicted molar refractivity (Wildman–Crippen MR) is 143 cm³/mol. The van der Waals surface area contributed by atoms with Crippen LogP contribution in [0.5, 0.6) is 0 Å². The molecule has 2 saturated heterocycles. The summed E-state index contributed by atoms with van der Waals surface area (Å²) in [5.41, 5.74) is 3.82. The minimum absolute atomic E-state index is 0.276. The van der Waals surface area contributed by atoms with Crippen molar-refractivity contribution in [1.29, 1.82) is 0 Å². The van der Waals surface area contributed by atoms with Crippen LogP contribution in [-0.4, -0.2) is 94.9 Å². The molecule has 6 nitrogen and oxygen atoms in total. The monoisotopic (exact) mass is 480 g/mol. The van der Waals surface area contributed by atoms with Gasteiger partial charge < -0.3 is 14.8 Å². The van der Waals surface area contributed by atoms with Crippen LogP contribution in [0.3, 0.4) is 0 Å². The maximum atomic E-state index is 5.24. The Hall–Kier alpha value is -1.41. The van der Waals surface area contributed by atoms with Crippen LogP contribution in [0.1, 0.15) is 61.6 Å². The number of hydrogen-bond donors (Lipinski definition) is 1. The van der Waals surface area contributed by atoms with Gasteiger partial charge in [-0.25, -0.2) is 4.98 Å². The van der Waals surface area contributed by atoms with Crippen LogP contribution in [0, 0.1) is 5.92 Å². The highest BCUT2D eigenvalue weighted by atomic mass is 32.2. The second kappa shape index (κ2) is 9.92. The van der Waals surface area contributed by atoms with Crippen molar-refractivity contribution in [3.05, 3.63) is 29.6 Å². The van der Waals surface area contributed by atoms with Gasteiger partial charge in [0.15, 0.2) is 0 Å². The van der Waals surface area contributed by atoms with Gasteiger partial charge in [0, 0.05) is 67.2 Å². The number of piperazine rings is 1. The van der Waals surface area contributed by atoms with Crippen LogP contribution in [-0.2, 0) is 0 Å². The summed E-state index contributed by atoms with van der Waals surface area (Å²) in [6, 6.07) is 3.51. The Kier molecular flexibility index (Phi) is 6.71. The second-order valence-corrected chi connectivity index (χ2v) is 12.2. The molecule has 6 rings (SSSR count). The average Bonchev–Trinajstić information content (AvgIpc) is 3.52. The zero-order valence-corrected chi connectivity index (χ0v) is 21.7. The number of likely N-dealkylation sites (tertiary alicyclic amines) is 1. The number of H-pyrrole nitrogens is 1. The molecular formula is C27H40N6S.